The number of hydrogen-bond donors (Lipinski definition) is 0. The largest absolute Gasteiger partial charge is 0.0876 e. The van der Waals surface area contributed by atoms with Gasteiger partial charge in [0.1, 0.15) is 0 Å². The van der Waals surface area contributed by atoms with E-state index in [4.69, 9.17) is 0 Å². The molecule has 0 saturated heterocycles. The standard InChI is InChI=1S/C11H15Br/c1-3-9(2)11-6-4-5-10(7-11)8-12/h4-7,9H,3,8H2,1-2H3. The van der Waals surface area contributed by atoms with Gasteiger partial charge in [-0.2, -0.15) is 0 Å². The molecular weight excluding hydrogens is 212 g/mol. The lowest BCUT2D eigenvalue weighted by atomic mass is 9.97. The van der Waals surface area contributed by atoms with E-state index >= 15 is 0 Å². The molecule has 1 rings (SSSR count). The summed E-state index contributed by atoms with van der Waals surface area (Å²) in [6.45, 7) is 4.50. The predicted octanol–water partition coefficient (Wildman–Crippen LogP) is 4.10. The molecule has 1 aromatic carbocycles. The van der Waals surface area contributed by atoms with Crippen molar-refractivity contribution in [1.29, 1.82) is 0 Å². The highest BCUT2D eigenvalue weighted by molar-refractivity contribution is 9.08. The minimum absolute atomic E-state index is 0.684. The monoisotopic (exact) mass is 226 g/mol. The summed E-state index contributed by atoms with van der Waals surface area (Å²) in [5.74, 6) is 0.684. The molecule has 0 aliphatic rings. The number of alkyl halides is 1. The van der Waals surface area contributed by atoms with Crippen molar-refractivity contribution in [2.45, 2.75) is 31.5 Å². The van der Waals surface area contributed by atoms with Crippen molar-refractivity contribution in [2.75, 3.05) is 0 Å². The number of hydrogen-bond acceptors (Lipinski definition) is 0. The molecule has 0 amide bonds. The van der Waals surface area contributed by atoms with Gasteiger partial charge in [-0.3, -0.25) is 0 Å². The molecule has 1 unspecified atom stereocenters. The van der Waals surface area contributed by atoms with E-state index in [0.717, 1.165) is 5.33 Å². The molecule has 1 atom stereocenters. The van der Waals surface area contributed by atoms with Crippen LogP contribution in [0.3, 0.4) is 0 Å². The summed E-state index contributed by atoms with van der Waals surface area (Å²) in [5, 5.41) is 0.956. The predicted molar refractivity (Wildman–Crippen MR) is 57.8 cm³/mol. The van der Waals surface area contributed by atoms with Gasteiger partial charge in [0.2, 0.25) is 0 Å². The highest BCUT2D eigenvalue weighted by Crippen LogP contribution is 2.20. The summed E-state index contributed by atoms with van der Waals surface area (Å²) in [6, 6.07) is 8.78. The van der Waals surface area contributed by atoms with Crippen LogP contribution in [0.1, 0.15) is 37.3 Å². The third-order valence-corrected chi connectivity index (χ3v) is 2.93. The summed E-state index contributed by atoms with van der Waals surface area (Å²) in [7, 11) is 0. The van der Waals surface area contributed by atoms with Crippen molar-refractivity contribution in [3.63, 3.8) is 0 Å². The van der Waals surface area contributed by atoms with E-state index in [9.17, 15) is 0 Å². The van der Waals surface area contributed by atoms with Crippen LogP contribution in [0, 0.1) is 0 Å². The van der Waals surface area contributed by atoms with Gasteiger partial charge < -0.3 is 0 Å². The fourth-order valence-corrected chi connectivity index (χ4v) is 1.57. The van der Waals surface area contributed by atoms with Gasteiger partial charge in [-0.1, -0.05) is 54.0 Å². The Balaban J connectivity index is 2.86. The first-order valence-corrected chi connectivity index (χ1v) is 5.55. The molecule has 1 aromatic rings. The number of rotatable bonds is 3. The molecule has 0 aliphatic heterocycles. The van der Waals surface area contributed by atoms with E-state index in [1.807, 2.05) is 0 Å². The van der Waals surface area contributed by atoms with Crippen molar-refractivity contribution >= 4 is 15.9 Å². The Morgan fingerprint density at radius 2 is 2.17 bits per heavy atom. The third kappa shape index (κ3) is 2.34. The highest BCUT2D eigenvalue weighted by atomic mass is 79.9. The van der Waals surface area contributed by atoms with Gasteiger partial charge in [-0.25, -0.2) is 0 Å². The molecule has 0 N–H and O–H groups in total. The fraction of sp³-hybridized carbons (Fsp3) is 0.455. The number of halogens is 1. The zero-order valence-corrected chi connectivity index (χ0v) is 9.26. The second-order valence-corrected chi connectivity index (χ2v) is 3.75. The third-order valence-electron chi connectivity index (χ3n) is 2.29. The van der Waals surface area contributed by atoms with Gasteiger partial charge in [0.05, 0.1) is 0 Å². The smallest absolute Gasteiger partial charge is 0.0283 e. The van der Waals surface area contributed by atoms with Crippen LogP contribution in [0.25, 0.3) is 0 Å². The number of benzene rings is 1. The minimum atomic E-state index is 0.684. The molecule has 0 heterocycles. The van der Waals surface area contributed by atoms with Crippen LogP contribution in [-0.4, -0.2) is 0 Å². The lowest BCUT2D eigenvalue weighted by molar-refractivity contribution is 0.733. The van der Waals surface area contributed by atoms with Crippen molar-refractivity contribution < 1.29 is 0 Å². The minimum Gasteiger partial charge on any atom is -0.0876 e. The Morgan fingerprint density at radius 3 is 2.75 bits per heavy atom. The average molecular weight is 227 g/mol. The SMILES string of the molecule is CCC(C)c1cccc(CBr)c1. The Morgan fingerprint density at radius 1 is 1.42 bits per heavy atom. The highest BCUT2D eigenvalue weighted by Gasteiger charge is 2.02. The Hall–Kier alpha value is -0.300. The van der Waals surface area contributed by atoms with E-state index in [2.05, 4.69) is 54.0 Å². The van der Waals surface area contributed by atoms with Crippen molar-refractivity contribution in [3.05, 3.63) is 35.4 Å². The zero-order valence-electron chi connectivity index (χ0n) is 7.68. The van der Waals surface area contributed by atoms with Crippen LogP contribution < -0.4 is 0 Å². The maximum absolute atomic E-state index is 3.46. The average Bonchev–Trinajstić information content (AvgIpc) is 2.17. The van der Waals surface area contributed by atoms with Crippen LogP contribution in [0.2, 0.25) is 0 Å². The van der Waals surface area contributed by atoms with Crippen LogP contribution in [0.4, 0.5) is 0 Å². The molecule has 0 nitrogen and oxygen atoms in total. The second kappa shape index (κ2) is 4.66. The lowest BCUT2D eigenvalue weighted by Gasteiger charge is -2.09. The zero-order chi connectivity index (χ0) is 8.97. The molecule has 12 heavy (non-hydrogen) atoms. The quantitative estimate of drug-likeness (QED) is 0.682. The van der Waals surface area contributed by atoms with E-state index in [1.165, 1.54) is 17.5 Å². The molecule has 66 valence electrons. The summed E-state index contributed by atoms with van der Waals surface area (Å²) in [6.07, 6.45) is 1.21. The Bertz CT molecular complexity index is 243. The Kier molecular flexibility index (Phi) is 3.80. The van der Waals surface area contributed by atoms with E-state index in [0.29, 0.717) is 5.92 Å². The maximum Gasteiger partial charge on any atom is 0.0283 e. The molecule has 0 aromatic heterocycles. The fourth-order valence-electron chi connectivity index (χ4n) is 1.22. The van der Waals surface area contributed by atoms with Gasteiger partial charge in [-0.15, -0.1) is 0 Å². The maximum atomic E-state index is 3.46. The topological polar surface area (TPSA) is 0 Å². The normalized spacial score (nSPS) is 12.9. The first-order valence-electron chi connectivity index (χ1n) is 4.42. The van der Waals surface area contributed by atoms with Crippen molar-refractivity contribution in [3.8, 4) is 0 Å². The molecular formula is C11H15Br. The van der Waals surface area contributed by atoms with E-state index in [1.54, 1.807) is 0 Å². The van der Waals surface area contributed by atoms with Gasteiger partial charge >= 0.3 is 0 Å². The molecule has 1 heteroatoms. The lowest BCUT2D eigenvalue weighted by Crippen LogP contribution is -1.91. The van der Waals surface area contributed by atoms with Crippen LogP contribution in [0.5, 0.6) is 0 Å². The Labute approximate surface area is 83.1 Å². The van der Waals surface area contributed by atoms with Crippen LogP contribution in [0.15, 0.2) is 24.3 Å². The summed E-state index contributed by atoms with van der Waals surface area (Å²) >= 11 is 3.46. The van der Waals surface area contributed by atoms with Crippen molar-refractivity contribution in [2.24, 2.45) is 0 Å². The molecule has 0 saturated carbocycles. The first-order chi connectivity index (χ1) is 5.77. The van der Waals surface area contributed by atoms with Gasteiger partial charge in [0, 0.05) is 5.33 Å². The summed E-state index contributed by atoms with van der Waals surface area (Å²) < 4.78 is 0. The van der Waals surface area contributed by atoms with Gasteiger partial charge in [0.15, 0.2) is 0 Å². The van der Waals surface area contributed by atoms with Gasteiger partial charge in [-0.05, 0) is 23.5 Å². The van der Waals surface area contributed by atoms with Crippen LogP contribution >= 0.6 is 15.9 Å². The molecule has 0 radical (unpaired) electrons. The summed E-state index contributed by atoms with van der Waals surface area (Å²) in [5.41, 5.74) is 2.82. The molecule has 0 aliphatic carbocycles. The molecule has 0 spiro atoms. The molecule has 0 bridgehead atoms. The van der Waals surface area contributed by atoms with Gasteiger partial charge in [0.25, 0.3) is 0 Å². The van der Waals surface area contributed by atoms with Crippen LogP contribution in [-0.2, 0) is 5.33 Å². The summed E-state index contributed by atoms with van der Waals surface area (Å²) in [4.78, 5) is 0. The first kappa shape index (κ1) is 9.79. The van der Waals surface area contributed by atoms with E-state index in [-0.39, 0.29) is 0 Å². The second-order valence-electron chi connectivity index (χ2n) is 3.19. The van der Waals surface area contributed by atoms with Crippen molar-refractivity contribution in [1.82, 2.24) is 0 Å². The molecule has 0 fully saturated rings. The van der Waals surface area contributed by atoms with E-state index < -0.39 is 0 Å².